The van der Waals surface area contributed by atoms with Gasteiger partial charge in [-0.05, 0) is 17.7 Å². The molecule has 0 fully saturated rings. The van der Waals surface area contributed by atoms with Crippen LogP contribution in [0.1, 0.15) is 12.8 Å². The number of hydrogen-bond donors (Lipinski definition) is 2. The van der Waals surface area contributed by atoms with Crippen LogP contribution in [0.15, 0.2) is 47.2 Å². The van der Waals surface area contributed by atoms with Gasteiger partial charge in [0.05, 0.1) is 16.5 Å². The summed E-state index contributed by atoms with van der Waals surface area (Å²) in [6.07, 6.45) is -3.70. The predicted octanol–water partition coefficient (Wildman–Crippen LogP) is 4.27. The number of allylic oxidation sites excluding steroid dienone is 3. The van der Waals surface area contributed by atoms with Gasteiger partial charge in [0.1, 0.15) is 23.1 Å². The zero-order valence-corrected chi connectivity index (χ0v) is 16.5. The van der Waals surface area contributed by atoms with Gasteiger partial charge in [0.15, 0.2) is 11.6 Å². The lowest BCUT2D eigenvalue weighted by molar-refractivity contribution is -0.105. The number of ether oxygens (including phenoxy) is 1. The number of aromatic nitrogens is 2. The zero-order valence-electron chi connectivity index (χ0n) is 15.7. The topological polar surface area (TPSA) is 92.3 Å². The molecule has 1 heterocycles. The van der Waals surface area contributed by atoms with E-state index in [9.17, 15) is 44.3 Å². The van der Waals surface area contributed by atoms with E-state index in [0.29, 0.717) is 18.2 Å². The molecule has 2 N–H and O–H groups in total. The minimum Gasteiger partial charge on any atom is -0.456 e. The number of aliphatic hydroxyl groups is 1. The number of rotatable bonds is 3. The van der Waals surface area contributed by atoms with E-state index in [4.69, 9.17) is 4.74 Å². The molecule has 1 unspecified atom stereocenters. The number of benzene rings is 1. The van der Waals surface area contributed by atoms with Gasteiger partial charge < -0.3 is 9.84 Å². The third-order valence-corrected chi connectivity index (χ3v) is 6.16. The second-order valence-corrected chi connectivity index (χ2v) is 8.80. The number of alkyl halides is 5. The van der Waals surface area contributed by atoms with E-state index in [-0.39, 0.29) is 5.39 Å². The molecule has 14 heteroatoms. The van der Waals surface area contributed by atoms with Gasteiger partial charge in [-0.25, -0.2) is 26.0 Å². The Labute approximate surface area is 175 Å². The number of fused-ring (bicyclic) bond motifs is 1. The highest BCUT2D eigenvalue weighted by Gasteiger charge is 2.50. The van der Waals surface area contributed by atoms with Crippen LogP contribution in [0.3, 0.4) is 0 Å². The number of aromatic amines is 1. The molecule has 1 aromatic heterocycles. The first kappa shape index (κ1) is 23.8. The summed E-state index contributed by atoms with van der Waals surface area (Å²) in [6.45, 7) is 3.33. The van der Waals surface area contributed by atoms with Crippen LogP contribution >= 0.6 is 0 Å². The maximum absolute atomic E-state index is 14.3. The average Bonchev–Trinajstić information content (AvgIpc) is 3.16. The van der Waals surface area contributed by atoms with E-state index < -0.39 is 79.4 Å². The van der Waals surface area contributed by atoms with Crippen LogP contribution in [0.5, 0.6) is 5.75 Å². The standard InChI is InChI=1S/C18H13F7N2O4S/c1-8-6-17(21,22)14(28)4-9(32(29,30)18(23,24)25)2-3-12(8)31-13-5-11(19)15(20)16-10(13)7-26-27-16/h2-3,5,7,14,28H,1,4,6H2,(H,26,27)/b9-2+,12-3+. The molecule has 6 nitrogen and oxygen atoms in total. The zero-order chi connectivity index (χ0) is 24.1. The summed E-state index contributed by atoms with van der Waals surface area (Å²) in [4.78, 5) is -1.55. The van der Waals surface area contributed by atoms with Crippen LogP contribution in [0.4, 0.5) is 30.7 Å². The highest BCUT2D eigenvalue weighted by molar-refractivity contribution is 7.96. The van der Waals surface area contributed by atoms with Crippen LogP contribution < -0.4 is 4.74 Å². The number of nitrogens with one attached hydrogen (secondary N) is 1. The van der Waals surface area contributed by atoms with Crippen molar-refractivity contribution in [2.24, 2.45) is 0 Å². The molecule has 0 spiro atoms. The van der Waals surface area contributed by atoms with Crippen molar-refractivity contribution in [2.75, 3.05) is 0 Å². The summed E-state index contributed by atoms with van der Waals surface area (Å²) >= 11 is 0. The van der Waals surface area contributed by atoms with E-state index in [0.717, 1.165) is 6.20 Å². The van der Waals surface area contributed by atoms with Crippen molar-refractivity contribution in [2.45, 2.75) is 30.4 Å². The Morgan fingerprint density at radius 1 is 1.25 bits per heavy atom. The van der Waals surface area contributed by atoms with Crippen molar-refractivity contribution in [1.29, 1.82) is 0 Å². The molecule has 0 saturated heterocycles. The Morgan fingerprint density at radius 3 is 2.53 bits per heavy atom. The Bertz CT molecular complexity index is 1250. The lowest BCUT2D eigenvalue weighted by Crippen LogP contribution is -2.36. The molecule has 0 aliphatic heterocycles. The summed E-state index contributed by atoms with van der Waals surface area (Å²) in [7, 11) is -6.08. The lowest BCUT2D eigenvalue weighted by Gasteiger charge is -2.24. The number of halogens is 7. The van der Waals surface area contributed by atoms with E-state index in [1.807, 2.05) is 0 Å². The van der Waals surface area contributed by atoms with Gasteiger partial charge in [0.25, 0.3) is 15.8 Å². The van der Waals surface area contributed by atoms with E-state index in [2.05, 4.69) is 16.8 Å². The molecule has 1 atom stereocenters. The summed E-state index contributed by atoms with van der Waals surface area (Å²) in [5.41, 5.74) is -6.82. The van der Waals surface area contributed by atoms with Crippen molar-refractivity contribution in [3.05, 3.63) is 58.9 Å². The largest absolute Gasteiger partial charge is 0.501 e. The quantitative estimate of drug-likeness (QED) is 0.633. The molecule has 0 saturated carbocycles. The summed E-state index contributed by atoms with van der Waals surface area (Å²) in [6, 6.07) is 0.540. The Hall–Kier alpha value is -2.87. The highest BCUT2D eigenvalue weighted by atomic mass is 32.2. The molecular weight excluding hydrogens is 473 g/mol. The fourth-order valence-electron chi connectivity index (χ4n) is 2.86. The SMILES string of the molecule is C=C1CC(F)(F)C(O)C/C(S(=O)(=O)C(F)(F)F)=C\C=C/1Oc1cc(F)c(F)c2[nH]ncc12. The third kappa shape index (κ3) is 4.24. The molecular formula is C18H13F7N2O4S. The van der Waals surface area contributed by atoms with Crippen molar-refractivity contribution in [1.82, 2.24) is 10.2 Å². The van der Waals surface area contributed by atoms with Crippen LogP contribution in [0.25, 0.3) is 10.9 Å². The van der Waals surface area contributed by atoms with Crippen LogP contribution in [0.2, 0.25) is 0 Å². The highest BCUT2D eigenvalue weighted by Crippen LogP contribution is 2.39. The molecule has 0 bridgehead atoms. The van der Waals surface area contributed by atoms with E-state index >= 15 is 0 Å². The molecule has 0 radical (unpaired) electrons. The fourth-order valence-corrected chi connectivity index (χ4v) is 3.78. The second kappa shape index (κ2) is 7.92. The average molecular weight is 486 g/mol. The molecule has 1 aliphatic rings. The Balaban J connectivity index is 2.15. The maximum Gasteiger partial charge on any atom is 0.501 e. The summed E-state index contributed by atoms with van der Waals surface area (Å²) in [5, 5.41) is 15.2. The second-order valence-electron chi connectivity index (χ2n) is 6.81. The number of sulfone groups is 1. The summed E-state index contributed by atoms with van der Waals surface area (Å²) < 4.78 is 124. The predicted molar refractivity (Wildman–Crippen MR) is 97.1 cm³/mol. The molecule has 1 aliphatic carbocycles. The van der Waals surface area contributed by atoms with Crippen molar-refractivity contribution >= 4 is 20.7 Å². The van der Waals surface area contributed by atoms with Gasteiger partial charge in [-0.1, -0.05) is 6.58 Å². The Morgan fingerprint density at radius 2 is 1.91 bits per heavy atom. The summed E-state index contributed by atoms with van der Waals surface area (Å²) in [5.74, 6) is -7.95. The molecule has 3 rings (SSSR count). The monoisotopic (exact) mass is 486 g/mol. The molecule has 2 aromatic rings. The van der Waals surface area contributed by atoms with Gasteiger partial charge >= 0.3 is 5.51 Å². The van der Waals surface area contributed by atoms with E-state index in [1.54, 1.807) is 0 Å². The maximum atomic E-state index is 14.3. The normalized spacial score (nSPS) is 23.5. The van der Waals surface area contributed by atoms with E-state index in [1.165, 1.54) is 0 Å². The number of aliphatic hydroxyl groups excluding tert-OH is 1. The third-order valence-electron chi connectivity index (χ3n) is 4.56. The lowest BCUT2D eigenvalue weighted by atomic mass is 10.0. The van der Waals surface area contributed by atoms with Gasteiger partial charge in [0, 0.05) is 18.9 Å². The first-order valence-corrected chi connectivity index (χ1v) is 10.1. The number of hydrogen-bond acceptors (Lipinski definition) is 5. The van der Waals surface area contributed by atoms with Gasteiger partial charge in [-0.2, -0.15) is 18.3 Å². The molecule has 1 aromatic carbocycles. The van der Waals surface area contributed by atoms with Crippen LogP contribution in [-0.2, 0) is 9.84 Å². The van der Waals surface area contributed by atoms with Crippen molar-refractivity contribution in [3.63, 3.8) is 0 Å². The molecule has 174 valence electrons. The number of nitrogens with zero attached hydrogens (tertiary/aromatic N) is 1. The van der Waals surface area contributed by atoms with Gasteiger partial charge in [-0.15, -0.1) is 0 Å². The van der Waals surface area contributed by atoms with Crippen LogP contribution in [0, 0.1) is 11.6 Å². The first-order chi connectivity index (χ1) is 14.6. The molecule has 32 heavy (non-hydrogen) atoms. The van der Waals surface area contributed by atoms with Crippen molar-refractivity contribution in [3.8, 4) is 5.75 Å². The van der Waals surface area contributed by atoms with Gasteiger partial charge in [0.2, 0.25) is 0 Å². The van der Waals surface area contributed by atoms with Crippen molar-refractivity contribution < 1.29 is 49.0 Å². The minimum absolute atomic E-state index is 0.142. The first-order valence-electron chi connectivity index (χ1n) is 8.60. The number of H-pyrrole nitrogens is 1. The Kier molecular flexibility index (Phi) is 5.89. The molecule has 0 amide bonds. The van der Waals surface area contributed by atoms with Crippen LogP contribution in [-0.4, -0.2) is 41.3 Å². The fraction of sp³-hybridized carbons (Fsp3) is 0.278. The smallest absolute Gasteiger partial charge is 0.456 e. The van der Waals surface area contributed by atoms with Gasteiger partial charge in [-0.3, -0.25) is 5.10 Å². The minimum atomic E-state index is -6.08.